The maximum absolute atomic E-state index is 5.48. The molecule has 112 valence electrons. The summed E-state index contributed by atoms with van der Waals surface area (Å²) < 4.78 is 10.7. The van der Waals surface area contributed by atoms with Gasteiger partial charge >= 0.3 is 0 Å². The number of aryl methyl sites for hydroxylation is 2. The van der Waals surface area contributed by atoms with Crippen molar-refractivity contribution in [1.82, 2.24) is 20.4 Å². The molecule has 2 aromatic heterocycles. The van der Waals surface area contributed by atoms with Gasteiger partial charge in [0.15, 0.2) is 5.76 Å². The Kier molecular flexibility index (Phi) is 4.12. The van der Waals surface area contributed by atoms with E-state index >= 15 is 0 Å². The molecular weight excluding hydrogens is 270 g/mol. The summed E-state index contributed by atoms with van der Waals surface area (Å²) >= 11 is 0. The summed E-state index contributed by atoms with van der Waals surface area (Å²) in [5.74, 6) is 2.29. The number of hydrogen-bond acceptors (Lipinski definition) is 7. The average Bonchev–Trinajstić information content (AvgIpc) is 2.91. The quantitative estimate of drug-likeness (QED) is 0.878. The van der Waals surface area contributed by atoms with Crippen LogP contribution in [0.25, 0.3) is 0 Å². The summed E-state index contributed by atoms with van der Waals surface area (Å²) in [5.41, 5.74) is 1.81. The van der Waals surface area contributed by atoms with Gasteiger partial charge in [0.25, 0.3) is 0 Å². The van der Waals surface area contributed by atoms with E-state index < -0.39 is 0 Å². The Labute approximate surface area is 123 Å². The number of morpholine rings is 1. The molecule has 1 saturated heterocycles. The number of ether oxygens (including phenoxy) is 1. The van der Waals surface area contributed by atoms with Crippen LogP contribution in [0.15, 0.2) is 16.7 Å². The summed E-state index contributed by atoms with van der Waals surface area (Å²) in [7, 11) is 0. The summed E-state index contributed by atoms with van der Waals surface area (Å²) in [6, 6.07) is 3.97. The summed E-state index contributed by atoms with van der Waals surface area (Å²) in [6.45, 7) is 6.55. The minimum Gasteiger partial charge on any atom is -0.378 e. The second-order valence-corrected chi connectivity index (χ2v) is 5.10. The summed E-state index contributed by atoms with van der Waals surface area (Å²) in [6.07, 6.45) is 0. The predicted molar refractivity (Wildman–Crippen MR) is 76.9 cm³/mol. The van der Waals surface area contributed by atoms with Crippen molar-refractivity contribution < 1.29 is 9.26 Å². The van der Waals surface area contributed by atoms with Gasteiger partial charge in [-0.2, -0.15) is 0 Å². The second-order valence-electron chi connectivity index (χ2n) is 5.10. The van der Waals surface area contributed by atoms with Crippen molar-refractivity contribution in [2.24, 2.45) is 0 Å². The van der Waals surface area contributed by atoms with Crippen LogP contribution in [0.3, 0.4) is 0 Å². The van der Waals surface area contributed by atoms with Crippen LogP contribution in [0.5, 0.6) is 0 Å². The van der Waals surface area contributed by atoms with Crippen LogP contribution in [0.1, 0.15) is 29.0 Å². The standard InChI is InChI=1S/C14H19N5O2/c1-9-5-11(21-19-9)7-16-14-6-12(17-10(2)18-14)13-8-20-4-3-15-13/h5-6,13,15H,3-4,7-8H2,1-2H3,(H,16,17,18)/t13-/m1/s1. The molecule has 0 aliphatic carbocycles. The van der Waals surface area contributed by atoms with Crippen molar-refractivity contribution >= 4 is 5.82 Å². The molecular formula is C14H19N5O2. The van der Waals surface area contributed by atoms with Gasteiger partial charge in [-0.1, -0.05) is 5.16 Å². The normalized spacial score (nSPS) is 18.7. The van der Waals surface area contributed by atoms with E-state index in [-0.39, 0.29) is 6.04 Å². The monoisotopic (exact) mass is 289 g/mol. The highest BCUT2D eigenvalue weighted by Crippen LogP contribution is 2.17. The van der Waals surface area contributed by atoms with E-state index in [2.05, 4.69) is 25.8 Å². The topological polar surface area (TPSA) is 85.1 Å². The highest BCUT2D eigenvalue weighted by Gasteiger charge is 2.18. The molecule has 3 heterocycles. The zero-order valence-electron chi connectivity index (χ0n) is 12.2. The van der Waals surface area contributed by atoms with E-state index in [4.69, 9.17) is 9.26 Å². The highest BCUT2D eigenvalue weighted by molar-refractivity contribution is 5.37. The van der Waals surface area contributed by atoms with Gasteiger partial charge in [-0.05, 0) is 13.8 Å². The molecule has 7 nitrogen and oxygen atoms in total. The number of hydrogen-bond donors (Lipinski definition) is 2. The van der Waals surface area contributed by atoms with Crippen LogP contribution in [-0.2, 0) is 11.3 Å². The van der Waals surface area contributed by atoms with Crippen LogP contribution in [0, 0.1) is 13.8 Å². The van der Waals surface area contributed by atoms with Crippen LogP contribution < -0.4 is 10.6 Å². The molecule has 0 radical (unpaired) electrons. The molecule has 1 fully saturated rings. The second kappa shape index (κ2) is 6.19. The molecule has 0 aromatic carbocycles. The van der Waals surface area contributed by atoms with Gasteiger partial charge in [-0.15, -0.1) is 0 Å². The first kappa shape index (κ1) is 14.0. The van der Waals surface area contributed by atoms with E-state index in [9.17, 15) is 0 Å². The van der Waals surface area contributed by atoms with Crippen LogP contribution in [0.4, 0.5) is 5.82 Å². The van der Waals surface area contributed by atoms with Crippen molar-refractivity contribution in [2.45, 2.75) is 26.4 Å². The first-order chi connectivity index (χ1) is 10.2. The first-order valence-electron chi connectivity index (χ1n) is 7.03. The number of nitrogens with zero attached hydrogens (tertiary/aromatic N) is 3. The lowest BCUT2D eigenvalue weighted by Crippen LogP contribution is -2.35. The Bertz CT molecular complexity index is 607. The molecule has 21 heavy (non-hydrogen) atoms. The fourth-order valence-corrected chi connectivity index (χ4v) is 2.29. The Balaban J connectivity index is 1.71. The smallest absolute Gasteiger partial charge is 0.156 e. The number of aromatic nitrogens is 3. The van der Waals surface area contributed by atoms with Gasteiger partial charge in [0.05, 0.1) is 37.2 Å². The third kappa shape index (κ3) is 3.56. The molecule has 0 saturated carbocycles. The lowest BCUT2D eigenvalue weighted by atomic mass is 10.2. The third-order valence-electron chi connectivity index (χ3n) is 3.26. The Morgan fingerprint density at radius 2 is 2.24 bits per heavy atom. The van der Waals surface area contributed by atoms with Crippen molar-refractivity contribution in [2.75, 3.05) is 25.1 Å². The van der Waals surface area contributed by atoms with Gasteiger partial charge in [0.1, 0.15) is 11.6 Å². The number of anilines is 1. The van der Waals surface area contributed by atoms with Crippen molar-refractivity contribution in [3.63, 3.8) is 0 Å². The van der Waals surface area contributed by atoms with Crippen molar-refractivity contribution in [3.8, 4) is 0 Å². The molecule has 0 bridgehead atoms. The zero-order valence-corrected chi connectivity index (χ0v) is 12.2. The molecule has 2 aromatic rings. The molecule has 2 N–H and O–H groups in total. The zero-order chi connectivity index (χ0) is 14.7. The average molecular weight is 289 g/mol. The first-order valence-corrected chi connectivity index (χ1v) is 7.03. The molecule has 0 amide bonds. The van der Waals surface area contributed by atoms with Gasteiger partial charge in [0.2, 0.25) is 0 Å². The Morgan fingerprint density at radius 1 is 1.33 bits per heavy atom. The SMILES string of the molecule is Cc1cc(CNc2cc([C@H]3COCCN3)nc(C)n2)on1. The summed E-state index contributed by atoms with van der Waals surface area (Å²) in [4.78, 5) is 8.88. The Hall–Kier alpha value is -1.99. The van der Waals surface area contributed by atoms with Crippen LogP contribution in [0.2, 0.25) is 0 Å². The van der Waals surface area contributed by atoms with E-state index in [1.807, 2.05) is 26.0 Å². The van der Waals surface area contributed by atoms with Crippen LogP contribution in [-0.4, -0.2) is 34.9 Å². The maximum atomic E-state index is 5.48. The van der Waals surface area contributed by atoms with Gasteiger partial charge in [-0.3, -0.25) is 0 Å². The largest absolute Gasteiger partial charge is 0.378 e. The molecule has 1 aliphatic rings. The fraction of sp³-hybridized carbons (Fsp3) is 0.500. The van der Waals surface area contributed by atoms with E-state index in [1.165, 1.54) is 0 Å². The third-order valence-corrected chi connectivity index (χ3v) is 3.26. The number of nitrogens with one attached hydrogen (secondary N) is 2. The van der Waals surface area contributed by atoms with Crippen molar-refractivity contribution in [3.05, 3.63) is 35.1 Å². The van der Waals surface area contributed by atoms with E-state index in [1.54, 1.807) is 0 Å². The lowest BCUT2D eigenvalue weighted by Gasteiger charge is -2.23. The minimum atomic E-state index is 0.119. The van der Waals surface area contributed by atoms with E-state index in [0.717, 1.165) is 41.9 Å². The molecule has 0 unspecified atom stereocenters. The number of rotatable bonds is 4. The van der Waals surface area contributed by atoms with Gasteiger partial charge in [-0.25, -0.2) is 9.97 Å². The Morgan fingerprint density at radius 3 is 2.95 bits per heavy atom. The highest BCUT2D eigenvalue weighted by atomic mass is 16.5. The van der Waals surface area contributed by atoms with Gasteiger partial charge in [0, 0.05) is 18.7 Å². The van der Waals surface area contributed by atoms with Crippen LogP contribution >= 0.6 is 0 Å². The van der Waals surface area contributed by atoms with E-state index in [0.29, 0.717) is 13.2 Å². The fourth-order valence-electron chi connectivity index (χ4n) is 2.29. The molecule has 3 rings (SSSR count). The molecule has 0 spiro atoms. The maximum Gasteiger partial charge on any atom is 0.156 e. The lowest BCUT2D eigenvalue weighted by molar-refractivity contribution is 0.0755. The predicted octanol–water partition coefficient (Wildman–Crippen LogP) is 1.35. The van der Waals surface area contributed by atoms with Crippen molar-refractivity contribution in [1.29, 1.82) is 0 Å². The summed E-state index contributed by atoms with van der Waals surface area (Å²) in [5, 5.41) is 10.5. The molecule has 7 heteroatoms. The molecule has 1 atom stereocenters. The van der Waals surface area contributed by atoms with Gasteiger partial charge < -0.3 is 19.9 Å². The molecule has 1 aliphatic heterocycles. The minimum absolute atomic E-state index is 0.119.